The zero-order valence-corrected chi connectivity index (χ0v) is 6.93. The van der Waals surface area contributed by atoms with Gasteiger partial charge in [-0.25, -0.2) is 4.39 Å². The Balaban J connectivity index is 2.26. The lowest BCUT2D eigenvalue weighted by Crippen LogP contribution is -2.36. The Morgan fingerprint density at radius 1 is 1.55 bits per heavy atom. The first-order valence-corrected chi connectivity index (χ1v) is 4.05. The highest BCUT2D eigenvalue weighted by Crippen LogP contribution is 2.19. The minimum Gasteiger partial charge on any atom is -0.351 e. The highest BCUT2D eigenvalue weighted by molar-refractivity contribution is 5.81. The Kier molecular flexibility index (Phi) is 2.47. The number of hydrogen-bond acceptors (Lipinski definition) is 1. The van der Waals surface area contributed by atoms with Gasteiger partial charge in [-0.15, -0.1) is 0 Å². The van der Waals surface area contributed by atoms with E-state index >= 15 is 0 Å². The van der Waals surface area contributed by atoms with Crippen LogP contribution in [-0.2, 0) is 4.79 Å². The van der Waals surface area contributed by atoms with Crippen LogP contribution in [0.15, 0.2) is 0 Å². The fourth-order valence-corrected chi connectivity index (χ4v) is 0.811. The molecular formula is C8H14FNO. The Morgan fingerprint density at radius 2 is 2.09 bits per heavy atom. The Morgan fingerprint density at radius 3 is 2.45 bits per heavy atom. The molecule has 1 aliphatic carbocycles. The van der Waals surface area contributed by atoms with Crippen molar-refractivity contribution in [2.24, 2.45) is 5.92 Å². The number of alkyl halides is 1. The summed E-state index contributed by atoms with van der Waals surface area (Å²) in [6.45, 7) is 3.41. The summed E-state index contributed by atoms with van der Waals surface area (Å²) in [5.74, 6) is -0.656. The molecule has 1 saturated carbocycles. The van der Waals surface area contributed by atoms with E-state index in [1.807, 2.05) is 0 Å². The average molecular weight is 159 g/mol. The molecule has 64 valence electrons. The van der Waals surface area contributed by atoms with Gasteiger partial charge in [-0.1, -0.05) is 13.8 Å². The van der Waals surface area contributed by atoms with E-state index in [0.717, 1.165) is 12.8 Å². The van der Waals surface area contributed by atoms with Crippen molar-refractivity contribution in [3.8, 4) is 0 Å². The predicted octanol–water partition coefficient (Wildman–Crippen LogP) is 1.26. The molecule has 1 unspecified atom stereocenters. The number of nitrogens with one attached hydrogen (secondary N) is 1. The van der Waals surface area contributed by atoms with Gasteiger partial charge in [0.25, 0.3) is 5.91 Å². The van der Waals surface area contributed by atoms with Crippen molar-refractivity contribution in [1.29, 1.82) is 0 Å². The van der Waals surface area contributed by atoms with Crippen LogP contribution in [0.2, 0.25) is 0 Å². The van der Waals surface area contributed by atoms with E-state index in [9.17, 15) is 9.18 Å². The summed E-state index contributed by atoms with van der Waals surface area (Å²) in [7, 11) is 0. The molecule has 11 heavy (non-hydrogen) atoms. The van der Waals surface area contributed by atoms with Crippen molar-refractivity contribution in [3.05, 3.63) is 0 Å². The van der Waals surface area contributed by atoms with Gasteiger partial charge in [0.15, 0.2) is 6.17 Å². The minimum absolute atomic E-state index is 0.214. The van der Waals surface area contributed by atoms with Crippen LogP contribution in [0.1, 0.15) is 26.7 Å². The van der Waals surface area contributed by atoms with Crippen molar-refractivity contribution in [1.82, 2.24) is 5.32 Å². The van der Waals surface area contributed by atoms with Gasteiger partial charge in [-0.05, 0) is 18.8 Å². The van der Waals surface area contributed by atoms with E-state index in [1.54, 1.807) is 13.8 Å². The van der Waals surface area contributed by atoms with Gasteiger partial charge in [0.2, 0.25) is 0 Å². The van der Waals surface area contributed by atoms with Crippen LogP contribution in [-0.4, -0.2) is 18.1 Å². The highest BCUT2D eigenvalue weighted by Gasteiger charge is 2.28. The van der Waals surface area contributed by atoms with Gasteiger partial charge in [-0.3, -0.25) is 4.79 Å². The Bertz CT molecular complexity index is 154. The molecule has 2 nitrogen and oxygen atoms in total. The van der Waals surface area contributed by atoms with Crippen LogP contribution in [0.3, 0.4) is 0 Å². The summed E-state index contributed by atoms with van der Waals surface area (Å²) in [6.07, 6.45) is 0.684. The maximum atomic E-state index is 12.9. The molecule has 0 bridgehead atoms. The van der Waals surface area contributed by atoms with Gasteiger partial charge >= 0.3 is 0 Å². The molecular weight excluding hydrogens is 145 g/mol. The fraction of sp³-hybridized carbons (Fsp3) is 0.875. The smallest absolute Gasteiger partial charge is 0.255 e. The highest BCUT2D eigenvalue weighted by atomic mass is 19.1. The first-order valence-electron chi connectivity index (χ1n) is 4.05. The van der Waals surface area contributed by atoms with Crippen molar-refractivity contribution in [2.75, 3.05) is 0 Å². The van der Waals surface area contributed by atoms with Crippen LogP contribution >= 0.6 is 0 Å². The summed E-state index contributed by atoms with van der Waals surface area (Å²) in [5.41, 5.74) is 0. The number of halogens is 1. The van der Waals surface area contributed by atoms with Gasteiger partial charge in [0.05, 0.1) is 0 Å². The molecule has 0 heterocycles. The lowest BCUT2D eigenvalue weighted by atomic mass is 10.1. The Labute approximate surface area is 66.2 Å². The fourth-order valence-electron chi connectivity index (χ4n) is 0.811. The third-order valence-electron chi connectivity index (χ3n) is 1.76. The zero-order chi connectivity index (χ0) is 8.43. The molecule has 0 aromatic heterocycles. The van der Waals surface area contributed by atoms with E-state index in [4.69, 9.17) is 0 Å². The van der Waals surface area contributed by atoms with Crippen molar-refractivity contribution >= 4 is 5.91 Å². The van der Waals surface area contributed by atoms with Crippen molar-refractivity contribution in [3.63, 3.8) is 0 Å². The molecule has 1 N–H and O–H groups in total. The van der Waals surface area contributed by atoms with Gasteiger partial charge in [-0.2, -0.15) is 0 Å². The molecule has 0 saturated heterocycles. The predicted molar refractivity (Wildman–Crippen MR) is 40.9 cm³/mol. The van der Waals surface area contributed by atoms with Crippen molar-refractivity contribution in [2.45, 2.75) is 38.9 Å². The molecule has 1 fully saturated rings. The third kappa shape index (κ3) is 2.48. The molecule has 1 rings (SSSR count). The van der Waals surface area contributed by atoms with Gasteiger partial charge in [0, 0.05) is 6.04 Å². The maximum Gasteiger partial charge on any atom is 0.255 e. The second kappa shape index (κ2) is 3.20. The number of carbonyl (C=O) groups is 1. The molecule has 1 amide bonds. The molecule has 0 radical (unpaired) electrons. The second-order valence-electron chi connectivity index (χ2n) is 3.43. The van der Waals surface area contributed by atoms with Gasteiger partial charge < -0.3 is 5.32 Å². The lowest BCUT2D eigenvalue weighted by Gasteiger charge is -2.10. The van der Waals surface area contributed by atoms with Crippen LogP contribution in [0.25, 0.3) is 0 Å². The second-order valence-corrected chi connectivity index (χ2v) is 3.43. The van der Waals surface area contributed by atoms with E-state index in [-0.39, 0.29) is 12.0 Å². The molecule has 1 aliphatic rings. The quantitative estimate of drug-likeness (QED) is 0.660. The van der Waals surface area contributed by atoms with Crippen LogP contribution in [0, 0.1) is 5.92 Å². The molecule has 0 aromatic carbocycles. The lowest BCUT2D eigenvalue weighted by molar-refractivity contribution is -0.127. The van der Waals surface area contributed by atoms with E-state index < -0.39 is 12.1 Å². The molecule has 3 heteroatoms. The van der Waals surface area contributed by atoms with E-state index in [0.29, 0.717) is 0 Å². The van der Waals surface area contributed by atoms with E-state index in [2.05, 4.69) is 5.32 Å². The number of amides is 1. The molecule has 1 atom stereocenters. The standard InChI is InChI=1S/C8H14FNO/c1-5(2)7(9)8(11)10-6-3-4-6/h5-7H,3-4H2,1-2H3,(H,10,11). The van der Waals surface area contributed by atoms with Gasteiger partial charge in [0.1, 0.15) is 0 Å². The Hall–Kier alpha value is -0.600. The topological polar surface area (TPSA) is 29.1 Å². The average Bonchev–Trinajstić information content (AvgIpc) is 2.69. The normalized spacial score (nSPS) is 20.0. The van der Waals surface area contributed by atoms with Crippen LogP contribution in [0.4, 0.5) is 4.39 Å². The SMILES string of the molecule is CC(C)C(F)C(=O)NC1CC1. The number of rotatable bonds is 3. The zero-order valence-electron chi connectivity index (χ0n) is 6.93. The van der Waals surface area contributed by atoms with Crippen molar-refractivity contribution < 1.29 is 9.18 Å². The summed E-state index contributed by atoms with van der Waals surface area (Å²) >= 11 is 0. The first kappa shape index (κ1) is 8.50. The van der Waals surface area contributed by atoms with E-state index in [1.165, 1.54) is 0 Å². The first-order chi connectivity index (χ1) is 5.11. The summed E-state index contributed by atoms with van der Waals surface area (Å²) in [6, 6.07) is 0.263. The minimum atomic E-state index is -1.34. The monoisotopic (exact) mass is 159 g/mol. The third-order valence-corrected chi connectivity index (χ3v) is 1.76. The summed E-state index contributed by atoms with van der Waals surface area (Å²) < 4.78 is 12.9. The molecule has 0 spiro atoms. The van der Waals surface area contributed by atoms with Crippen LogP contribution in [0.5, 0.6) is 0 Å². The number of hydrogen-bond donors (Lipinski definition) is 1. The summed E-state index contributed by atoms with van der Waals surface area (Å²) in [4.78, 5) is 10.9. The maximum absolute atomic E-state index is 12.9. The summed E-state index contributed by atoms with van der Waals surface area (Å²) in [5, 5.41) is 2.62. The molecule has 0 aliphatic heterocycles. The van der Waals surface area contributed by atoms with Crippen LogP contribution < -0.4 is 5.32 Å². The molecule has 0 aromatic rings. The number of carbonyl (C=O) groups excluding carboxylic acids is 1. The largest absolute Gasteiger partial charge is 0.351 e.